The van der Waals surface area contributed by atoms with Crippen LogP contribution in [0.5, 0.6) is 5.75 Å². The van der Waals surface area contributed by atoms with Crippen molar-refractivity contribution in [2.75, 3.05) is 17.4 Å². The van der Waals surface area contributed by atoms with E-state index in [2.05, 4.69) is 10.6 Å². The summed E-state index contributed by atoms with van der Waals surface area (Å²) in [6.07, 6.45) is 0. The van der Waals surface area contributed by atoms with E-state index in [1.165, 1.54) is 0 Å². The van der Waals surface area contributed by atoms with E-state index in [1.54, 1.807) is 30.3 Å². The van der Waals surface area contributed by atoms with Crippen molar-refractivity contribution < 1.29 is 9.53 Å². The van der Waals surface area contributed by atoms with Crippen LogP contribution in [-0.4, -0.2) is 28.3 Å². The van der Waals surface area contributed by atoms with Crippen LogP contribution in [0.2, 0.25) is 0 Å². The SMILES string of the molecule is [B]c1ccc(NCOc2ccc3cc(C(=O)Nc4ccc([B])cc4)ccc3c2)cc1. The van der Waals surface area contributed by atoms with Crippen LogP contribution in [0.4, 0.5) is 11.4 Å². The van der Waals surface area contributed by atoms with Gasteiger partial charge in [-0.15, -0.1) is 0 Å². The average Bonchev–Trinajstić information content (AvgIpc) is 2.76. The van der Waals surface area contributed by atoms with Crippen molar-refractivity contribution in [1.82, 2.24) is 0 Å². The molecule has 0 unspecified atom stereocenters. The third kappa shape index (κ3) is 4.84. The Hall–Kier alpha value is -3.66. The molecule has 0 spiro atoms. The molecule has 4 radical (unpaired) electrons. The molecule has 0 heterocycles. The number of carbonyl (C=O) groups excluding carboxylic acids is 1. The fourth-order valence-corrected chi connectivity index (χ4v) is 3.03. The molecule has 0 fully saturated rings. The smallest absolute Gasteiger partial charge is 0.255 e. The molecule has 0 aliphatic rings. The first kappa shape index (κ1) is 19.6. The molecule has 2 N–H and O–H groups in total. The van der Waals surface area contributed by atoms with Crippen LogP contribution in [0.3, 0.4) is 0 Å². The van der Waals surface area contributed by atoms with Gasteiger partial charge in [-0.25, -0.2) is 0 Å². The Balaban J connectivity index is 1.40. The highest BCUT2D eigenvalue weighted by molar-refractivity contribution is 6.32. The van der Waals surface area contributed by atoms with E-state index >= 15 is 0 Å². The lowest BCUT2D eigenvalue weighted by Gasteiger charge is -2.11. The van der Waals surface area contributed by atoms with Crippen molar-refractivity contribution in [1.29, 1.82) is 0 Å². The first-order valence-corrected chi connectivity index (χ1v) is 9.50. The van der Waals surface area contributed by atoms with Gasteiger partial charge in [-0.2, -0.15) is 0 Å². The maximum absolute atomic E-state index is 12.5. The van der Waals surface area contributed by atoms with Gasteiger partial charge in [-0.05, 0) is 59.3 Å². The first-order valence-electron chi connectivity index (χ1n) is 9.50. The molecule has 0 atom stereocenters. The van der Waals surface area contributed by atoms with Crippen LogP contribution >= 0.6 is 0 Å². The van der Waals surface area contributed by atoms with Gasteiger partial charge in [0.2, 0.25) is 0 Å². The van der Waals surface area contributed by atoms with Gasteiger partial charge in [-0.3, -0.25) is 4.79 Å². The third-order valence-electron chi connectivity index (χ3n) is 4.67. The zero-order valence-electron chi connectivity index (χ0n) is 16.3. The van der Waals surface area contributed by atoms with Gasteiger partial charge in [0.25, 0.3) is 5.91 Å². The summed E-state index contributed by atoms with van der Waals surface area (Å²) in [7, 11) is 11.4. The summed E-state index contributed by atoms with van der Waals surface area (Å²) in [5.41, 5.74) is 3.59. The zero-order valence-corrected chi connectivity index (χ0v) is 16.3. The average molecular weight is 388 g/mol. The standard InChI is InChI=1S/C24H18B2N2O2/c25-19-4-8-21(9-5-19)27-15-30-23-12-3-16-13-18(2-1-17(16)14-23)24(29)28-22-10-6-20(26)7-11-22/h1-14,27H,15H2,(H,28,29). The van der Waals surface area contributed by atoms with Gasteiger partial charge in [-0.1, -0.05) is 47.3 Å². The molecule has 0 saturated carbocycles. The van der Waals surface area contributed by atoms with Crippen molar-refractivity contribution >= 4 is 54.7 Å². The highest BCUT2D eigenvalue weighted by Gasteiger charge is 2.08. The number of anilines is 2. The minimum Gasteiger partial charge on any atom is -0.473 e. The Morgan fingerprint density at radius 2 is 1.33 bits per heavy atom. The zero-order chi connectivity index (χ0) is 20.9. The topological polar surface area (TPSA) is 50.4 Å². The molecule has 4 aromatic carbocycles. The van der Waals surface area contributed by atoms with Gasteiger partial charge >= 0.3 is 0 Å². The Morgan fingerprint density at radius 3 is 2.03 bits per heavy atom. The summed E-state index contributed by atoms with van der Waals surface area (Å²) in [4.78, 5) is 12.5. The quantitative estimate of drug-likeness (QED) is 0.394. The molecule has 0 saturated heterocycles. The van der Waals surface area contributed by atoms with E-state index in [-0.39, 0.29) is 5.91 Å². The number of carbonyl (C=O) groups is 1. The predicted molar refractivity (Wildman–Crippen MR) is 125 cm³/mol. The first-order chi connectivity index (χ1) is 14.6. The molecule has 142 valence electrons. The van der Waals surface area contributed by atoms with Crippen LogP contribution < -0.4 is 26.3 Å². The number of hydrogen-bond donors (Lipinski definition) is 2. The molecule has 0 aromatic heterocycles. The van der Waals surface area contributed by atoms with E-state index in [0.29, 0.717) is 23.4 Å². The molecule has 1 amide bonds. The lowest BCUT2D eigenvalue weighted by molar-refractivity contribution is 0.102. The maximum atomic E-state index is 12.5. The number of nitrogens with one attached hydrogen (secondary N) is 2. The summed E-state index contributed by atoms with van der Waals surface area (Å²) in [5, 5.41) is 8.00. The van der Waals surface area contributed by atoms with Gasteiger partial charge in [0.05, 0.1) is 0 Å². The van der Waals surface area contributed by atoms with Gasteiger partial charge < -0.3 is 15.4 Å². The molecular weight excluding hydrogens is 370 g/mol. The van der Waals surface area contributed by atoms with Crippen molar-refractivity contribution in [3.05, 3.63) is 90.5 Å². The molecular formula is C24H18B2N2O2. The normalized spacial score (nSPS) is 10.5. The van der Waals surface area contributed by atoms with E-state index in [1.807, 2.05) is 54.6 Å². The number of amides is 1. The van der Waals surface area contributed by atoms with Crippen LogP contribution in [0.15, 0.2) is 84.9 Å². The molecule has 30 heavy (non-hydrogen) atoms. The largest absolute Gasteiger partial charge is 0.473 e. The summed E-state index contributed by atoms with van der Waals surface area (Å²) in [6.45, 7) is 0.331. The summed E-state index contributed by atoms with van der Waals surface area (Å²) in [5.74, 6) is 0.569. The van der Waals surface area contributed by atoms with Crippen LogP contribution in [0.25, 0.3) is 10.8 Å². The minimum atomic E-state index is -0.172. The number of fused-ring (bicyclic) bond motifs is 1. The number of ether oxygens (including phenoxy) is 1. The van der Waals surface area contributed by atoms with E-state index in [0.717, 1.165) is 27.7 Å². The molecule has 0 aliphatic heterocycles. The van der Waals surface area contributed by atoms with Crippen molar-refractivity contribution in [3.8, 4) is 5.75 Å². The lowest BCUT2D eigenvalue weighted by atomic mass is 9.96. The molecule has 4 aromatic rings. The number of hydrogen-bond acceptors (Lipinski definition) is 3. The van der Waals surface area contributed by atoms with Crippen molar-refractivity contribution in [2.24, 2.45) is 0 Å². The van der Waals surface area contributed by atoms with E-state index in [4.69, 9.17) is 20.4 Å². The fourth-order valence-electron chi connectivity index (χ4n) is 3.03. The van der Waals surface area contributed by atoms with Crippen LogP contribution in [-0.2, 0) is 0 Å². The van der Waals surface area contributed by atoms with Crippen molar-refractivity contribution in [2.45, 2.75) is 0 Å². The van der Waals surface area contributed by atoms with Gasteiger partial charge in [0.15, 0.2) is 6.73 Å². The van der Waals surface area contributed by atoms with E-state index in [9.17, 15) is 4.79 Å². The monoisotopic (exact) mass is 388 g/mol. The Morgan fingerprint density at radius 1 is 0.733 bits per heavy atom. The van der Waals surface area contributed by atoms with Crippen molar-refractivity contribution in [3.63, 3.8) is 0 Å². The second-order valence-electron chi connectivity index (χ2n) is 6.89. The second kappa shape index (κ2) is 8.78. The molecule has 0 bridgehead atoms. The third-order valence-corrected chi connectivity index (χ3v) is 4.67. The van der Waals surface area contributed by atoms with Crippen LogP contribution in [0.1, 0.15) is 10.4 Å². The minimum absolute atomic E-state index is 0.172. The molecule has 4 rings (SSSR count). The Kier molecular flexibility index (Phi) is 5.75. The Labute approximate surface area is 178 Å². The number of rotatable bonds is 6. The summed E-state index contributed by atoms with van der Waals surface area (Å²) < 4.78 is 5.78. The maximum Gasteiger partial charge on any atom is 0.255 e. The highest BCUT2D eigenvalue weighted by Crippen LogP contribution is 2.23. The summed E-state index contributed by atoms with van der Waals surface area (Å²) >= 11 is 0. The predicted octanol–water partition coefficient (Wildman–Crippen LogP) is 3.13. The molecule has 6 heteroatoms. The fraction of sp³-hybridized carbons (Fsp3) is 0.0417. The van der Waals surface area contributed by atoms with Gasteiger partial charge in [0.1, 0.15) is 21.4 Å². The molecule has 0 aliphatic carbocycles. The molecule has 4 nitrogen and oxygen atoms in total. The summed E-state index contributed by atoms with van der Waals surface area (Å²) in [6, 6.07) is 25.8. The van der Waals surface area contributed by atoms with E-state index < -0.39 is 0 Å². The number of benzene rings is 4. The highest BCUT2D eigenvalue weighted by atomic mass is 16.5. The Bertz CT molecular complexity index is 1180. The lowest BCUT2D eigenvalue weighted by Crippen LogP contribution is -2.12. The van der Waals surface area contributed by atoms with Gasteiger partial charge in [0, 0.05) is 16.9 Å². The van der Waals surface area contributed by atoms with Crippen LogP contribution in [0, 0.1) is 0 Å². The second-order valence-corrected chi connectivity index (χ2v) is 6.89.